The Labute approximate surface area is 65.4 Å². The predicted molar refractivity (Wildman–Crippen MR) is 40.3 cm³/mol. The second kappa shape index (κ2) is 3.39. The van der Waals surface area contributed by atoms with Crippen LogP contribution in [0.2, 0.25) is 0 Å². The van der Waals surface area contributed by atoms with Crippen molar-refractivity contribution in [2.45, 2.75) is 13.5 Å². The zero-order valence-electron chi connectivity index (χ0n) is 6.74. The lowest BCUT2D eigenvalue weighted by atomic mass is 10.4. The summed E-state index contributed by atoms with van der Waals surface area (Å²) in [7, 11) is 1.77. The van der Waals surface area contributed by atoms with E-state index in [1.807, 2.05) is 6.92 Å². The molecule has 0 aliphatic heterocycles. The fourth-order valence-corrected chi connectivity index (χ4v) is 0.843. The van der Waals surface area contributed by atoms with E-state index in [2.05, 4.69) is 5.10 Å². The number of aliphatic hydroxyl groups is 1. The Bertz CT molecular complexity index is 232. The van der Waals surface area contributed by atoms with Crippen molar-refractivity contribution in [2.24, 2.45) is 7.05 Å². The average Bonchev–Trinajstić information content (AvgIpc) is 2.32. The van der Waals surface area contributed by atoms with Crippen LogP contribution in [0.5, 0.6) is 5.88 Å². The van der Waals surface area contributed by atoms with Gasteiger partial charge in [0.2, 0.25) is 5.88 Å². The molecular weight excluding hydrogens is 144 g/mol. The molecule has 62 valence electrons. The maximum atomic E-state index is 8.78. The number of aromatic nitrogens is 2. The second-order valence-corrected chi connectivity index (χ2v) is 2.19. The summed E-state index contributed by atoms with van der Waals surface area (Å²) in [6, 6.07) is 1.73. The average molecular weight is 156 g/mol. The first-order valence-electron chi connectivity index (χ1n) is 3.54. The van der Waals surface area contributed by atoms with Crippen LogP contribution in [0.15, 0.2) is 6.07 Å². The molecule has 0 radical (unpaired) electrons. The lowest BCUT2D eigenvalue weighted by Gasteiger charge is -1.93. The number of rotatable bonds is 3. The van der Waals surface area contributed by atoms with Crippen LogP contribution in [-0.4, -0.2) is 21.5 Å². The summed E-state index contributed by atoms with van der Waals surface area (Å²) in [6.07, 6.45) is 0. The molecule has 0 unspecified atom stereocenters. The van der Waals surface area contributed by atoms with Gasteiger partial charge in [0.25, 0.3) is 0 Å². The third-order valence-electron chi connectivity index (χ3n) is 1.41. The number of hydrogen-bond acceptors (Lipinski definition) is 3. The van der Waals surface area contributed by atoms with Crippen LogP contribution in [0, 0.1) is 0 Å². The van der Waals surface area contributed by atoms with Crippen LogP contribution in [0.1, 0.15) is 12.6 Å². The number of ether oxygens (including phenoxy) is 1. The first-order chi connectivity index (χ1) is 5.27. The molecule has 0 aromatic carbocycles. The van der Waals surface area contributed by atoms with Crippen molar-refractivity contribution in [3.05, 3.63) is 11.8 Å². The molecular formula is C7H12N2O2. The van der Waals surface area contributed by atoms with Crippen molar-refractivity contribution < 1.29 is 9.84 Å². The topological polar surface area (TPSA) is 47.3 Å². The van der Waals surface area contributed by atoms with Gasteiger partial charge in [0.15, 0.2) is 0 Å². The Morgan fingerprint density at radius 3 is 2.91 bits per heavy atom. The van der Waals surface area contributed by atoms with Gasteiger partial charge >= 0.3 is 0 Å². The van der Waals surface area contributed by atoms with Crippen LogP contribution in [0.25, 0.3) is 0 Å². The first-order valence-corrected chi connectivity index (χ1v) is 3.54. The Kier molecular flexibility index (Phi) is 2.48. The van der Waals surface area contributed by atoms with Gasteiger partial charge in [-0.3, -0.25) is 4.68 Å². The molecule has 0 bridgehead atoms. The zero-order chi connectivity index (χ0) is 8.27. The lowest BCUT2D eigenvalue weighted by Crippen LogP contribution is -1.97. The van der Waals surface area contributed by atoms with Crippen molar-refractivity contribution in [2.75, 3.05) is 6.61 Å². The van der Waals surface area contributed by atoms with Gasteiger partial charge in [0.05, 0.1) is 18.9 Å². The fraction of sp³-hybridized carbons (Fsp3) is 0.571. The monoisotopic (exact) mass is 156 g/mol. The Morgan fingerprint density at radius 1 is 1.73 bits per heavy atom. The van der Waals surface area contributed by atoms with E-state index in [9.17, 15) is 0 Å². The highest BCUT2D eigenvalue weighted by Crippen LogP contribution is 2.09. The van der Waals surface area contributed by atoms with Crippen LogP contribution in [0.3, 0.4) is 0 Å². The zero-order valence-corrected chi connectivity index (χ0v) is 6.74. The molecule has 0 aliphatic rings. The second-order valence-electron chi connectivity index (χ2n) is 2.19. The third-order valence-corrected chi connectivity index (χ3v) is 1.41. The standard InChI is InChI=1S/C7H12N2O2/c1-3-11-7-4-6(5-10)9(2)8-7/h4,10H,3,5H2,1-2H3. The van der Waals surface area contributed by atoms with E-state index in [0.29, 0.717) is 12.5 Å². The van der Waals surface area contributed by atoms with E-state index >= 15 is 0 Å². The molecule has 1 N–H and O–H groups in total. The summed E-state index contributed by atoms with van der Waals surface area (Å²) < 4.78 is 6.73. The van der Waals surface area contributed by atoms with Crippen molar-refractivity contribution in [3.8, 4) is 5.88 Å². The SMILES string of the molecule is CCOc1cc(CO)n(C)n1. The number of aryl methyl sites for hydroxylation is 1. The molecule has 0 aliphatic carbocycles. The Hall–Kier alpha value is -1.03. The van der Waals surface area contributed by atoms with Gasteiger partial charge in [0.1, 0.15) is 0 Å². The predicted octanol–water partition coefficient (Wildman–Crippen LogP) is 0.311. The highest BCUT2D eigenvalue weighted by atomic mass is 16.5. The van der Waals surface area contributed by atoms with Crippen molar-refractivity contribution in [1.29, 1.82) is 0 Å². The molecule has 0 fully saturated rings. The van der Waals surface area contributed by atoms with E-state index in [0.717, 1.165) is 5.69 Å². The van der Waals surface area contributed by atoms with E-state index in [1.165, 1.54) is 0 Å². The van der Waals surface area contributed by atoms with Crippen LogP contribution < -0.4 is 4.74 Å². The van der Waals surface area contributed by atoms with Gasteiger partial charge in [-0.2, -0.15) is 0 Å². The molecule has 0 saturated heterocycles. The molecule has 0 spiro atoms. The van der Waals surface area contributed by atoms with Crippen molar-refractivity contribution in [3.63, 3.8) is 0 Å². The summed E-state index contributed by atoms with van der Waals surface area (Å²) >= 11 is 0. The van der Waals surface area contributed by atoms with E-state index in [-0.39, 0.29) is 6.61 Å². The summed E-state index contributed by atoms with van der Waals surface area (Å²) in [5.41, 5.74) is 0.758. The molecule has 4 heteroatoms. The highest BCUT2D eigenvalue weighted by molar-refractivity contribution is 5.14. The number of aliphatic hydroxyl groups excluding tert-OH is 1. The van der Waals surface area contributed by atoms with Crippen molar-refractivity contribution >= 4 is 0 Å². The third kappa shape index (κ3) is 1.71. The van der Waals surface area contributed by atoms with E-state index in [1.54, 1.807) is 17.8 Å². The molecule has 4 nitrogen and oxygen atoms in total. The molecule has 1 heterocycles. The molecule has 0 atom stereocenters. The molecule has 0 saturated carbocycles. The quantitative estimate of drug-likeness (QED) is 0.685. The first kappa shape index (κ1) is 8.07. The largest absolute Gasteiger partial charge is 0.477 e. The van der Waals surface area contributed by atoms with Crippen molar-refractivity contribution in [1.82, 2.24) is 9.78 Å². The fourth-order valence-electron chi connectivity index (χ4n) is 0.843. The van der Waals surface area contributed by atoms with Gasteiger partial charge in [0, 0.05) is 13.1 Å². The van der Waals surface area contributed by atoms with Crippen LogP contribution >= 0.6 is 0 Å². The minimum Gasteiger partial charge on any atom is -0.477 e. The Morgan fingerprint density at radius 2 is 2.45 bits per heavy atom. The molecule has 11 heavy (non-hydrogen) atoms. The summed E-state index contributed by atoms with van der Waals surface area (Å²) in [4.78, 5) is 0. The summed E-state index contributed by atoms with van der Waals surface area (Å²) in [5.74, 6) is 0.569. The normalized spacial score (nSPS) is 10.1. The minimum atomic E-state index is -0.00340. The van der Waals surface area contributed by atoms with Gasteiger partial charge < -0.3 is 9.84 Å². The molecule has 1 aromatic rings. The maximum Gasteiger partial charge on any atom is 0.233 e. The number of nitrogens with zero attached hydrogens (tertiary/aromatic N) is 2. The van der Waals surface area contributed by atoms with Gasteiger partial charge in [-0.25, -0.2) is 0 Å². The Balaban J connectivity index is 2.77. The lowest BCUT2D eigenvalue weighted by molar-refractivity contribution is 0.270. The minimum absolute atomic E-state index is 0.00340. The van der Waals surface area contributed by atoms with E-state index in [4.69, 9.17) is 9.84 Å². The molecule has 0 amide bonds. The highest BCUT2D eigenvalue weighted by Gasteiger charge is 2.02. The van der Waals surface area contributed by atoms with Crippen LogP contribution in [0.4, 0.5) is 0 Å². The smallest absolute Gasteiger partial charge is 0.233 e. The van der Waals surface area contributed by atoms with E-state index < -0.39 is 0 Å². The van der Waals surface area contributed by atoms with Gasteiger partial charge in [-0.15, -0.1) is 5.10 Å². The van der Waals surface area contributed by atoms with Gasteiger partial charge in [-0.1, -0.05) is 0 Å². The summed E-state index contributed by atoms with van der Waals surface area (Å²) in [6.45, 7) is 2.49. The number of hydrogen-bond donors (Lipinski definition) is 1. The van der Waals surface area contributed by atoms with Gasteiger partial charge in [-0.05, 0) is 6.92 Å². The maximum absolute atomic E-state index is 8.78. The summed E-state index contributed by atoms with van der Waals surface area (Å²) in [5, 5.41) is 12.8. The molecule has 1 aromatic heterocycles. The molecule has 1 rings (SSSR count). The van der Waals surface area contributed by atoms with Crippen LogP contribution in [-0.2, 0) is 13.7 Å².